The lowest BCUT2D eigenvalue weighted by molar-refractivity contribution is 0.160. The zero-order valence-corrected chi connectivity index (χ0v) is 6.90. The summed E-state index contributed by atoms with van der Waals surface area (Å²) >= 11 is 1.41. The number of aliphatic hydroxyl groups excluding tert-OH is 1. The molecule has 4 heteroatoms. The SMILES string of the molecule is Nc1nc2c(s1)C(O)CCC2. The lowest BCUT2D eigenvalue weighted by atomic mass is 10.0. The monoisotopic (exact) mass is 170 g/mol. The summed E-state index contributed by atoms with van der Waals surface area (Å²) in [6, 6.07) is 0. The normalized spacial score (nSPS) is 23.2. The van der Waals surface area contributed by atoms with Crippen LogP contribution in [0, 0.1) is 0 Å². The molecule has 1 aromatic heterocycles. The molecule has 0 fully saturated rings. The van der Waals surface area contributed by atoms with Crippen LogP contribution in [0.2, 0.25) is 0 Å². The van der Waals surface area contributed by atoms with Crippen molar-refractivity contribution in [3.05, 3.63) is 10.6 Å². The number of nitrogens with two attached hydrogens (primary N) is 1. The topological polar surface area (TPSA) is 59.1 Å². The molecule has 0 spiro atoms. The van der Waals surface area contributed by atoms with E-state index in [-0.39, 0.29) is 6.10 Å². The van der Waals surface area contributed by atoms with Gasteiger partial charge in [0.15, 0.2) is 5.13 Å². The fraction of sp³-hybridized carbons (Fsp3) is 0.571. The van der Waals surface area contributed by atoms with Crippen molar-refractivity contribution < 1.29 is 5.11 Å². The minimum absolute atomic E-state index is 0.312. The first-order chi connectivity index (χ1) is 5.27. The van der Waals surface area contributed by atoms with Gasteiger partial charge in [0.05, 0.1) is 16.7 Å². The number of hydrogen-bond donors (Lipinski definition) is 2. The van der Waals surface area contributed by atoms with Crippen LogP contribution in [0.25, 0.3) is 0 Å². The van der Waals surface area contributed by atoms with Gasteiger partial charge in [-0.1, -0.05) is 11.3 Å². The van der Waals surface area contributed by atoms with Crippen molar-refractivity contribution >= 4 is 16.5 Å². The molecule has 11 heavy (non-hydrogen) atoms. The van der Waals surface area contributed by atoms with Gasteiger partial charge in [-0.3, -0.25) is 0 Å². The van der Waals surface area contributed by atoms with E-state index >= 15 is 0 Å². The van der Waals surface area contributed by atoms with Crippen LogP contribution in [0.3, 0.4) is 0 Å². The Morgan fingerprint density at radius 2 is 2.45 bits per heavy atom. The number of hydrogen-bond acceptors (Lipinski definition) is 4. The van der Waals surface area contributed by atoms with Gasteiger partial charge in [0, 0.05) is 0 Å². The molecule has 0 aromatic carbocycles. The number of nitrogen functional groups attached to an aromatic ring is 1. The summed E-state index contributed by atoms with van der Waals surface area (Å²) in [6.45, 7) is 0. The minimum atomic E-state index is -0.312. The Kier molecular flexibility index (Phi) is 1.58. The summed E-state index contributed by atoms with van der Waals surface area (Å²) in [5.74, 6) is 0. The highest BCUT2D eigenvalue weighted by Gasteiger charge is 2.21. The van der Waals surface area contributed by atoms with Crippen molar-refractivity contribution in [3.8, 4) is 0 Å². The fourth-order valence-corrected chi connectivity index (χ4v) is 2.32. The molecule has 3 N–H and O–H groups in total. The molecule has 1 atom stereocenters. The first kappa shape index (κ1) is 7.06. The number of aromatic nitrogens is 1. The molecule has 0 amide bonds. The third kappa shape index (κ3) is 1.12. The number of anilines is 1. The summed E-state index contributed by atoms with van der Waals surface area (Å²) in [5.41, 5.74) is 6.52. The first-order valence-corrected chi connectivity index (χ1v) is 4.52. The fourth-order valence-electron chi connectivity index (χ4n) is 1.42. The van der Waals surface area contributed by atoms with Crippen molar-refractivity contribution in [3.63, 3.8) is 0 Å². The third-order valence-corrected chi connectivity index (χ3v) is 2.97. The Labute approximate surface area is 68.9 Å². The number of nitrogens with zero attached hydrogens (tertiary/aromatic N) is 1. The standard InChI is InChI=1S/C7H10N2OS/c8-7-9-4-2-1-3-5(10)6(4)11-7/h5,10H,1-3H2,(H2,8,9). The van der Waals surface area contributed by atoms with Crippen LogP contribution in [0.15, 0.2) is 0 Å². The average molecular weight is 170 g/mol. The summed E-state index contributed by atoms with van der Waals surface area (Å²) in [7, 11) is 0. The predicted molar refractivity (Wildman–Crippen MR) is 44.4 cm³/mol. The van der Waals surface area contributed by atoms with Crippen LogP contribution >= 0.6 is 11.3 Å². The highest BCUT2D eigenvalue weighted by molar-refractivity contribution is 7.15. The second-order valence-electron chi connectivity index (χ2n) is 2.77. The van der Waals surface area contributed by atoms with Gasteiger partial charge in [-0.25, -0.2) is 4.98 Å². The largest absolute Gasteiger partial charge is 0.388 e. The summed E-state index contributed by atoms with van der Waals surface area (Å²) < 4.78 is 0. The zero-order valence-electron chi connectivity index (χ0n) is 6.08. The van der Waals surface area contributed by atoms with Gasteiger partial charge in [-0.05, 0) is 19.3 Å². The molecule has 0 saturated heterocycles. The van der Waals surface area contributed by atoms with Crippen molar-refractivity contribution in [1.82, 2.24) is 4.98 Å². The van der Waals surface area contributed by atoms with Gasteiger partial charge >= 0.3 is 0 Å². The molecule has 0 bridgehead atoms. The average Bonchev–Trinajstić information content (AvgIpc) is 2.31. The van der Waals surface area contributed by atoms with Gasteiger partial charge in [0.1, 0.15) is 0 Å². The number of aryl methyl sites for hydroxylation is 1. The lowest BCUT2D eigenvalue weighted by Crippen LogP contribution is -2.06. The highest BCUT2D eigenvalue weighted by atomic mass is 32.1. The molecule has 0 saturated carbocycles. The molecule has 0 aliphatic heterocycles. The van der Waals surface area contributed by atoms with Crippen LogP contribution in [0.5, 0.6) is 0 Å². The van der Waals surface area contributed by atoms with E-state index in [1.165, 1.54) is 11.3 Å². The molecular formula is C7H10N2OS. The van der Waals surface area contributed by atoms with E-state index in [4.69, 9.17) is 5.73 Å². The summed E-state index contributed by atoms with van der Waals surface area (Å²) in [4.78, 5) is 5.12. The third-order valence-electron chi connectivity index (χ3n) is 1.94. The van der Waals surface area contributed by atoms with Crippen LogP contribution in [0.1, 0.15) is 29.5 Å². The molecule has 3 nitrogen and oxygen atoms in total. The Hall–Kier alpha value is -0.610. The van der Waals surface area contributed by atoms with Crippen molar-refractivity contribution in [2.45, 2.75) is 25.4 Å². The zero-order chi connectivity index (χ0) is 7.84. The maximum absolute atomic E-state index is 9.49. The van der Waals surface area contributed by atoms with Gasteiger partial charge in [0.25, 0.3) is 0 Å². The van der Waals surface area contributed by atoms with Crippen LogP contribution < -0.4 is 5.73 Å². The highest BCUT2D eigenvalue weighted by Crippen LogP contribution is 2.34. The van der Waals surface area contributed by atoms with Crippen LogP contribution in [-0.4, -0.2) is 10.1 Å². The molecule has 0 radical (unpaired) electrons. The second kappa shape index (κ2) is 2.46. The molecule has 1 heterocycles. The molecule has 1 aliphatic rings. The Morgan fingerprint density at radius 1 is 1.64 bits per heavy atom. The Balaban J connectivity index is 2.43. The maximum Gasteiger partial charge on any atom is 0.180 e. The van der Waals surface area contributed by atoms with Gasteiger partial charge < -0.3 is 10.8 Å². The lowest BCUT2D eigenvalue weighted by Gasteiger charge is -2.14. The van der Waals surface area contributed by atoms with E-state index in [0.29, 0.717) is 5.13 Å². The van der Waals surface area contributed by atoms with Crippen molar-refractivity contribution in [2.75, 3.05) is 5.73 Å². The van der Waals surface area contributed by atoms with Gasteiger partial charge in [-0.15, -0.1) is 0 Å². The van der Waals surface area contributed by atoms with E-state index in [2.05, 4.69) is 4.98 Å². The number of aliphatic hydroxyl groups is 1. The predicted octanol–water partition coefficient (Wildman–Crippen LogP) is 1.09. The quantitative estimate of drug-likeness (QED) is 0.613. The molecule has 60 valence electrons. The van der Waals surface area contributed by atoms with Crippen molar-refractivity contribution in [2.24, 2.45) is 0 Å². The maximum atomic E-state index is 9.49. The Bertz CT molecular complexity index is 271. The molecular weight excluding hydrogens is 160 g/mol. The van der Waals surface area contributed by atoms with Crippen molar-refractivity contribution in [1.29, 1.82) is 0 Å². The van der Waals surface area contributed by atoms with Gasteiger partial charge in [-0.2, -0.15) is 0 Å². The van der Waals surface area contributed by atoms with Crippen LogP contribution in [-0.2, 0) is 6.42 Å². The smallest absolute Gasteiger partial charge is 0.180 e. The number of thiazole rings is 1. The molecule has 2 rings (SSSR count). The van der Waals surface area contributed by atoms with E-state index in [1.54, 1.807) is 0 Å². The number of rotatable bonds is 0. The van der Waals surface area contributed by atoms with Crippen LogP contribution in [0.4, 0.5) is 5.13 Å². The first-order valence-electron chi connectivity index (χ1n) is 3.70. The van der Waals surface area contributed by atoms with E-state index in [9.17, 15) is 5.11 Å². The van der Waals surface area contributed by atoms with Gasteiger partial charge in [0.2, 0.25) is 0 Å². The minimum Gasteiger partial charge on any atom is -0.388 e. The van der Waals surface area contributed by atoms with E-state index in [1.807, 2.05) is 0 Å². The Morgan fingerprint density at radius 3 is 3.18 bits per heavy atom. The molecule has 1 aliphatic carbocycles. The van der Waals surface area contributed by atoms with E-state index in [0.717, 1.165) is 29.8 Å². The molecule has 1 aromatic rings. The molecule has 1 unspecified atom stereocenters. The summed E-state index contributed by atoms with van der Waals surface area (Å²) in [6.07, 6.45) is 2.54. The number of fused-ring (bicyclic) bond motifs is 1. The summed E-state index contributed by atoms with van der Waals surface area (Å²) in [5, 5.41) is 10.1. The second-order valence-corrected chi connectivity index (χ2v) is 3.83. The van der Waals surface area contributed by atoms with E-state index < -0.39 is 0 Å².